The lowest BCUT2D eigenvalue weighted by Gasteiger charge is -2.48. The summed E-state index contributed by atoms with van der Waals surface area (Å²) >= 11 is 0. The summed E-state index contributed by atoms with van der Waals surface area (Å²) in [6, 6.07) is 7.66. The van der Waals surface area contributed by atoms with Gasteiger partial charge < -0.3 is 19.5 Å². The standard InChI is InChI=1S/C23H39N3O3/c1-18(2)25-11-8-19(9-12-25)26-14-13-24(16-20(26)10-15-27)17-21-22(28-3)6-5-7-23(21)29-4/h5-7,18-20,27H,8-17H2,1-4H3. The predicted molar refractivity (Wildman–Crippen MR) is 117 cm³/mol. The summed E-state index contributed by atoms with van der Waals surface area (Å²) < 4.78 is 11.2. The number of methoxy groups -OCH3 is 2. The summed E-state index contributed by atoms with van der Waals surface area (Å²) in [6.45, 7) is 11.1. The molecule has 0 spiro atoms. The molecule has 0 aliphatic carbocycles. The van der Waals surface area contributed by atoms with Gasteiger partial charge >= 0.3 is 0 Å². The molecule has 2 aliphatic rings. The van der Waals surface area contributed by atoms with Crippen molar-refractivity contribution in [3.8, 4) is 11.5 Å². The van der Waals surface area contributed by atoms with Crippen molar-refractivity contribution >= 4 is 0 Å². The fraction of sp³-hybridized carbons (Fsp3) is 0.739. The Labute approximate surface area is 176 Å². The average Bonchev–Trinajstić information content (AvgIpc) is 2.74. The van der Waals surface area contributed by atoms with Gasteiger partial charge in [-0.2, -0.15) is 0 Å². The zero-order valence-corrected chi connectivity index (χ0v) is 18.6. The maximum absolute atomic E-state index is 9.70. The highest BCUT2D eigenvalue weighted by molar-refractivity contribution is 5.44. The third-order valence-corrected chi connectivity index (χ3v) is 6.68. The van der Waals surface area contributed by atoms with Gasteiger partial charge in [0.25, 0.3) is 0 Å². The zero-order chi connectivity index (χ0) is 20.8. The molecular formula is C23H39N3O3. The molecule has 2 saturated heterocycles. The molecule has 2 fully saturated rings. The Balaban J connectivity index is 1.65. The number of nitrogens with zero attached hydrogens (tertiary/aromatic N) is 3. The highest BCUT2D eigenvalue weighted by Crippen LogP contribution is 2.31. The SMILES string of the molecule is COc1cccc(OC)c1CN1CCN(C2CCN(C(C)C)CC2)C(CCO)C1. The third-order valence-electron chi connectivity index (χ3n) is 6.68. The van der Waals surface area contributed by atoms with Gasteiger partial charge in [0.1, 0.15) is 11.5 Å². The van der Waals surface area contributed by atoms with Crippen molar-refractivity contribution in [2.45, 2.75) is 57.8 Å². The number of piperazine rings is 1. The molecule has 0 aromatic heterocycles. The van der Waals surface area contributed by atoms with Gasteiger partial charge in [0.15, 0.2) is 0 Å². The van der Waals surface area contributed by atoms with Crippen LogP contribution < -0.4 is 9.47 Å². The summed E-state index contributed by atoms with van der Waals surface area (Å²) in [7, 11) is 3.43. The Morgan fingerprint density at radius 1 is 1.03 bits per heavy atom. The van der Waals surface area contributed by atoms with Crippen molar-refractivity contribution in [3.05, 3.63) is 23.8 Å². The molecule has 2 heterocycles. The molecule has 0 radical (unpaired) electrons. The number of hydrogen-bond acceptors (Lipinski definition) is 6. The fourth-order valence-electron chi connectivity index (χ4n) is 5.01. The molecule has 1 unspecified atom stereocenters. The van der Waals surface area contributed by atoms with Gasteiger partial charge in [0, 0.05) is 50.9 Å². The molecular weight excluding hydrogens is 366 g/mol. The number of benzene rings is 1. The fourth-order valence-corrected chi connectivity index (χ4v) is 5.01. The molecule has 0 saturated carbocycles. The second-order valence-electron chi connectivity index (χ2n) is 8.64. The lowest BCUT2D eigenvalue weighted by Crippen LogP contribution is -2.58. The van der Waals surface area contributed by atoms with Gasteiger partial charge in [0.2, 0.25) is 0 Å². The van der Waals surface area contributed by atoms with E-state index in [-0.39, 0.29) is 6.61 Å². The maximum Gasteiger partial charge on any atom is 0.127 e. The van der Waals surface area contributed by atoms with E-state index in [1.807, 2.05) is 18.2 Å². The average molecular weight is 406 g/mol. The Hall–Kier alpha value is -1.34. The molecule has 1 N–H and O–H groups in total. The van der Waals surface area contributed by atoms with E-state index in [1.54, 1.807) is 14.2 Å². The van der Waals surface area contributed by atoms with Crippen LogP contribution in [0.2, 0.25) is 0 Å². The van der Waals surface area contributed by atoms with Crippen LogP contribution in [0.15, 0.2) is 18.2 Å². The molecule has 1 aromatic rings. The van der Waals surface area contributed by atoms with E-state index in [2.05, 4.69) is 28.5 Å². The number of aliphatic hydroxyl groups excluding tert-OH is 1. The number of likely N-dealkylation sites (tertiary alicyclic amines) is 1. The lowest BCUT2D eigenvalue weighted by atomic mass is 9.97. The van der Waals surface area contributed by atoms with Gasteiger partial charge in [0.05, 0.1) is 19.8 Å². The van der Waals surface area contributed by atoms with Gasteiger partial charge in [-0.25, -0.2) is 0 Å². The predicted octanol–water partition coefficient (Wildman–Crippen LogP) is 2.45. The zero-order valence-electron chi connectivity index (χ0n) is 18.6. The molecule has 6 nitrogen and oxygen atoms in total. The van der Waals surface area contributed by atoms with E-state index in [4.69, 9.17) is 9.47 Å². The first-order valence-electron chi connectivity index (χ1n) is 11.1. The van der Waals surface area contributed by atoms with Crippen molar-refractivity contribution in [2.75, 3.05) is 53.6 Å². The van der Waals surface area contributed by atoms with Crippen LogP contribution in [0.4, 0.5) is 0 Å². The maximum atomic E-state index is 9.70. The molecule has 29 heavy (non-hydrogen) atoms. The van der Waals surface area contributed by atoms with Crippen molar-refractivity contribution in [1.29, 1.82) is 0 Å². The Kier molecular flexibility index (Phi) is 8.18. The van der Waals surface area contributed by atoms with E-state index >= 15 is 0 Å². The first-order valence-corrected chi connectivity index (χ1v) is 11.1. The molecule has 164 valence electrons. The summed E-state index contributed by atoms with van der Waals surface area (Å²) in [4.78, 5) is 7.76. The number of rotatable bonds is 8. The molecule has 6 heteroatoms. The number of hydrogen-bond donors (Lipinski definition) is 1. The number of ether oxygens (including phenoxy) is 2. The minimum absolute atomic E-state index is 0.248. The van der Waals surface area contributed by atoms with Gasteiger partial charge in [-0.3, -0.25) is 9.80 Å². The second-order valence-corrected chi connectivity index (χ2v) is 8.64. The Morgan fingerprint density at radius 3 is 2.24 bits per heavy atom. The monoisotopic (exact) mass is 405 g/mol. The number of aliphatic hydroxyl groups is 1. The highest BCUT2D eigenvalue weighted by Gasteiger charge is 2.34. The van der Waals surface area contributed by atoms with E-state index in [1.165, 1.54) is 25.9 Å². The van der Waals surface area contributed by atoms with Crippen LogP contribution in [0.25, 0.3) is 0 Å². The third kappa shape index (κ3) is 5.43. The van der Waals surface area contributed by atoms with E-state index in [9.17, 15) is 5.11 Å². The van der Waals surface area contributed by atoms with Crippen LogP contribution in [0, 0.1) is 0 Å². The summed E-state index contributed by atoms with van der Waals surface area (Å²) in [5.41, 5.74) is 1.11. The molecule has 0 amide bonds. The molecule has 1 atom stereocenters. The molecule has 0 bridgehead atoms. The van der Waals surface area contributed by atoms with Gasteiger partial charge in [-0.05, 0) is 58.3 Å². The smallest absolute Gasteiger partial charge is 0.127 e. The second kappa shape index (κ2) is 10.6. The van der Waals surface area contributed by atoms with Gasteiger partial charge in [-0.15, -0.1) is 0 Å². The van der Waals surface area contributed by atoms with Crippen LogP contribution >= 0.6 is 0 Å². The molecule has 1 aromatic carbocycles. The topological polar surface area (TPSA) is 48.4 Å². The first kappa shape index (κ1) is 22.3. The van der Waals surface area contributed by atoms with Crippen molar-refractivity contribution in [1.82, 2.24) is 14.7 Å². The Morgan fingerprint density at radius 2 is 1.69 bits per heavy atom. The van der Waals surface area contributed by atoms with Crippen molar-refractivity contribution < 1.29 is 14.6 Å². The van der Waals surface area contributed by atoms with Gasteiger partial charge in [-0.1, -0.05) is 6.07 Å². The summed E-state index contributed by atoms with van der Waals surface area (Å²) in [5.74, 6) is 1.76. The first-order chi connectivity index (χ1) is 14.1. The quantitative estimate of drug-likeness (QED) is 0.717. The Bertz CT molecular complexity index is 610. The highest BCUT2D eigenvalue weighted by atomic mass is 16.5. The van der Waals surface area contributed by atoms with E-state index in [0.717, 1.165) is 49.7 Å². The minimum Gasteiger partial charge on any atom is -0.496 e. The van der Waals surface area contributed by atoms with E-state index < -0.39 is 0 Å². The van der Waals surface area contributed by atoms with Crippen LogP contribution in [-0.4, -0.2) is 91.5 Å². The van der Waals surface area contributed by atoms with Crippen molar-refractivity contribution in [3.63, 3.8) is 0 Å². The van der Waals surface area contributed by atoms with Crippen LogP contribution in [0.1, 0.15) is 38.7 Å². The van der Waals surface area contributed by atoms with Crippen molar-refractivity contribution in [2.24, 2.45) is 0 Å². The molecule has 2 aliphatic heterocycles. The summed E-state index contributed by atoms with van der Waals surface area (Å²) in [5, 5.41) is 9.70. The minimum atomic E-state index is 0.248. The van der Waals surface area contributed by atoms with Crippen LogP contribution in [0.5, 0.6) is 11.5 Å². The van der Waals surface area contributed by atoms with E-state index in [0.29, 0.717) is 18.1 Å². The van der Waals surface area contributed by atoms with Crippen LogP contribution in [-0.2, 0) is 6.54 Å². The largest absolute Gasteiger partial charge is 0.496 e. The number of piperidine rings is 1. The summed E-state index contributed by atoms with van der Waals surface area (Å²) in [6.07, 6.45) is 3.31. The molecule has 3 rings (SSSR count). The van der Waals surface area contributed by atoms with Crippen LogP contribution in [0.3, 0.4) is 0 Å². The normalized spacial score (nSPS) is 22.9. The lowest BCUT2D eigenvalue weighted by molar-refractivity contribution is -0.000362.